The molecule has 5 heteroatoms. The third-order valence-corrected chi connectivity index (χ3v) is 2.58. The highest BCUT2D eigenvalue weighted by molar-refractivity contribution is 5.18. The molecule has 0 amide bonds. The van der Waals surface area contributed by atoms with E-state index in [9.17, 15) is 8.78 Å². The van der Waals surface area contributed by atoms with Crippen molar-refractivity contribution in [3.63, 3.8) is 0 Å². The van der Waals surface area contributed by atoms with E-state index in [1.807, 2.05) is 6.92 Å². The first-order valence-corrected chi connectivity index (χ1v) is 5.79. The number of imidazole rings is 1. The summed E-state index contributed by atoms with van der Waals surface area (Å²) in [5.41, 5.74) is 1.65. The predicted octanol–water partition coefficient (Wildman–Crippen LogP) is 2.33. The first-order chi connectivity index (χ1) is 8.63. The largest absolute Gasteiger partial charge is 0.345 e. The second kappa shape index (κ2) is 5.73. The number of halogens is 2. The van der Waals surface area contributed by atoms with E-state index >= 15 is 0 Å². The summed E-state index contributed by atoms with van der Waals surface area (Å²) in [6.07, 6.45) is 2.35. The Balaban J connectivity index is 1.78. The number of aromatic amines is 1. The Morgan fingerprint density at radius 1 is 1.22 bits per heavy atom. The van der Waals surface area contributed by atoms with Crippen molar-refractivity contribution in [2.45, 2.75) is 19.9 Å². The van der Waals surface area contributed by atoms with E-state index in [2.05, 4.69) is 15.3 Å². The van der Waals surface area contributed by atoms with Gasteiger partial charge in [-0.05, 0) is 37.6 Å². The van der Waals surface area contributed by atoms with Crippen molar-refractivity contribution in [3.8, 4) is 0 Å². The molecular formula is C13H15F2N3. The molecule has 96 valence electrons. The highest BCUT2D eigenvalue weighted by Gasteiger charge is 2.01. The number of rotatable bonds is 5. The summed E-state index contributed by atoms with van der Waals surface area (Å²) in [4.78, 5) is 7.18. The van der Waals surface area contributed by atoms with Crippen LogP contribution in [0.4, 0.5) is 8.78 Å². The summed E-state index contributed by atoms with van der Waals surface area (Å²) in [6.45, 7) is 3.21. The van der Waals surface area contributed by atoms with Crippen LogP contribution in [0.25, 0.3) is 0 Å². The SMILES string of the molecule is Cc1ncc(CNCCc2cc(F)cc(F)c2)[nH]1. The molecule has 0 bridgehead atoms. The van der Waals surface area contributed by atoms with Crippen LogP contribution in [0.1, 0.15) is 17.1 Å². The number of H-pyrrole nitrogens is 1. The van der Waals surface area contributed by atoms with Gasteiger partial charge < -0.3 is 10.3 Å². The average molecular weight is 251 g/mol. The molecule has 0 aliphatic carbocycles. The standard InChI is InChI=1S/C13H15F2N3/c1-9-17-8-13(18-9)7-16-3-2-10-4-11(14)6-12(15)5-10/h4-6,8,16H,2-3,7H2,1H3,(H,17,18). The van der Waals surface area contributed by atoms with Crippen LogP contribution in [0.2, 0.25) is 0 Å². The zero-order valence-electron chi connectivity index (χ0n) is 10.1. The molecule has 1 heterocycles. The van der Waals surface area contributed by atoms with Gasteiger partial charge >= 0.3 is 0 Å². The van der Waals surface area contributed by atoms with Crippen LogP contribution in [0.5, 0.6) is 0 Å². The molecular weight excluding hydrogens is 236 g/mol. The molecule has 0 aliphatic heterocycles. The lowest BCUT2D eigenvalue weighted by Gasteiger charge is -2.04. The van der Waals surface area contributed by atoms with Gasteiger partial charge in [0.1, 0.15) is 17.5 Å². The number of hydrogen-bond donors (Lipinski definition) is 2. The van der Waals surface area contributed by atoms with Crippen molar-refractivity contribution in [3.05, 3.63) is 53.1 Å². The first-order valence-electron chi connectivity index (χ1n) is 5.79. The quantitative estimate of drug-likeness (QED) is 0.801. The molecule has 2 aromatic rings. The van der Waals surface area contributed by atoms with Gasteiger partial charge in [-0.2, -0.15) is 0 Å². The molecule has 3 nitrogen and oxygen atoms in total. The molecule has 0 atom stereocenters. The fourth-order valence-electron chi connectivity index (χ4n) is 1.77. The molecule has 0 fully saturated rings. The van der Waals surface area contributed by atoms with Crippen molar-refractivity contribution in [2.75, 3.05) is 6.54 Å². The zero-order valence-corrected chi connectivity index (χ0v) is 10.1. The molecule has 0 unspecified atom stereocenters. The third kappa shape index (κ3) is 3.63. The smallest absolute Gasteiger partial charge is 0.126 e. The summed E-state index contributed by atoms with van der Waals surface area (Å²) in [5, 5.41) is 3.19. The number of hydrogen-bond acceptors (Lipinski definition) is 2. The van der Waals surface area contributed by atoms with E-state index in [0.717, 1.165) is 17.6 Å². The molecule has 1 aromatic heterocycles. The minimum Gasteiger partial charge on any atom is -0.345 e. The Hall–Kier alpha value is -1.75. The van der Waals surface area contributed by atoms with E-state index in [1.165, 1.54) is 12.1 Å². The van der Waals surface area contributed by atoms with Gasteiger partial charge in [-0.15, -0.1) is 0 Å². The highest BCUT2D eigenvalue weighted by atomic mass is 19.1. The van der Waals surface area contributed by atoms with Gasteiger partial charge in [0.05, 0.1) is 0 Å². The lowest BCUT2D eigenvalue weighted by atomic mass is 10.1. The zero-order chi connectivity index (χ0) is 13.0. The Kier molecular flexibility index (Phi) is 4.04. The minimum atomic E-state index is -0.533. The number of nitrogens with one attached hydrogen (secondary N) is 2. The molecule has 2 N–H and O–H groups in total. The monoisotopic (exact) mass is 251 g/mol. The lowest BCUT2D eigenvalue weighted by Crippen LogP contribution is -2.17. The van der Waals surface area contributed by atoms with Crippen LogP contribution in [0.15, 0.2) is 24.4 Å². The average Bonchev–Trinajstić information content (AvgIpc) is 2.69. The summed E-state index contributed by atoms with van der Waals surface area (Å²) in [5.74, 6) is -0.192. The third-order valence-electron chi connectivity index (χ3n) is 2.58. The number of aromatic nitrogens is 2. The first kappa shape index (κ1) is 12.7. The number of benzene rings is 1. The number of aryl methyl sites for hydroxylation is 1. The van der Waals surface area contributed by atoms with Gasteiger partial charge in [0.25, 0.3) is 0 Å². The molecule has 18 heavy (non-hydrogen) atoms. The van der Waals surface area contributed by atoms with E-state index < -0.39 is 11.6 Å². The van der Waals surface area contributed by atoms with Gasteiger partial charge in [-0.25, -0.2) is 13.8 Å². The van der Waals surface area contributed by atoms with Crippen LogP contribution in [0.3, 0.4) is 0 Å². The summed E-state index contributed by atoms with van der Waals surface area (Å²) in [7, 11) is 0. The van der Waals surface area contributed by atoms with Crippen molar-refractivity contribution >= 4 is 0 Å². The summed E-state index contributed by atoms with van der Waals surface area (Å²) < 4.78 is 25.9. The maximum atomic E-state index is 12.9. The van der Waals surface area contributed by atoms with Crippen molar-refractivity contribution < 1.29 is 8.78 Å². The predicted molar refractivity (Wildman–Crippen MR) is 65.1 cm³/mol. The van der Waals surface area contributed by atoms with Crippen LogP contribution < -0.4 is 5.32 Å². The molecule has 0 saturated carbocycles. The second-order valence-electron chi connectivity index (χ2n) is 4.20. The minimum absolute atomic E-state index is 0.533. The van der Waals surface area contributed by atoms with Crippen LogP contribution >= 0.6 is 0 Å². The van der Waals surface area contributed by atoms with Crippen LogP contribution in [0, 0.1) is 18.6 Å². The Morgan fingerprint density at radius 2 is 1.94 bits per heavy atom. The maximum absolute atomic E-state index is 12.9. The van der Waals surface area contributed by atoms with Gasteiger partial charge in [0.2, 0.25) is 0 Å². The van der Waals surface area contributed by atoms with Crippen LogP contribution in [-0.4, -0.2) is 16.5 Å². The van der Waals surface area contributed by atoms with E-state index in [-0.39, 0.29) is 0 Å². The highest BCUT2D eigenvalue weighted by Crippen LogP contribution is 2.08. The number of nitrogens with zero attached hydrogens (tertiary/aromatic N) is 1. The molecule has 0 saturated heterocycles. The van der Waals surface area contributed by atoms with Crippen LogP contribution in [-0.2, 0) is 13.0 Å². The summed E-state index contributed by atoms with van der Waals surface area (Å²) in [6, 6.07) is 3.58. The van der Waals surface area contributed by atoms with Gasteiger partial charge in [-0.1, -0.05) is 0 Å². The van der Waals surface area contributed by atoms with Crippen molar-refractivity contribution in [1.29, 1.82) is 0 Å². The maximum Gasteiger partial charge on any atom is 0.126 e. The molecule has 0 radical (unpaired) electrons. The van der Waals surface area contributed by atoms with Gasteiger partial charge in [0, 0.05) is 24.5 Å². The van der Waals surface area contributed by atoms with E-state index in [1.54, 1.807) is 6.20 Å². The lowest BCUT2D eigenvalue weighted by molar-refractivity contribution is 0.577. The fraction of sp³-hybridized carbons (Fsp3) is 0.308. The summed E-state index contributed by atoms with van der Waals surface area (Å²) >= 11 is 0. The van der Waals surface area contributed by atoms with Gasteiger partial charge in [-0.3, -0.25) is 0 Å². The fourth-order valence-corrected chi connectivity index (χ4v) is 1.77. The molecule has 1 aromatic carbocycles. The second-order valence-corrected chi connectivity index (χ2v) is 4.20. The molecule has 0 aliphatic rings. The Labute approximate surface area is 104 Å². The van der Waals surface area contributed by atoms with Crippen molar-refractivity contribution in [1.82, 2.24) is 15.3 Å². The Morgan fingerprint density at radius 3 is 2.56 bits per heavy atom. The topological polar surface area (TPSA) is 40.7 Å². The molecule has 2 rings (SSSR count). The molecule has 0 spiro atoms. The van der Waals surface area contributed by atoms with Gasteiger partial charge in [0.15, 0.2) is 0 Å². The van der Waals surface area contributed by atoms with E-state index in [4.69, 9.17) is 0 Å². The normalized spacial score (nSPS) is 10.8. The van der Waals surface area contributed by atoms with E-state index in [0.29, 0.717) is 25.1 Å². The Bertz CT molecular complexity index is 502. The van der Waals surface area contributed by atoms with Crippen molar-refractivity contribution in [2.24, 2.45) is 0 Å².